The molecule has 0 aliphatic rings. The van der Waals surface area contributed by atoms with Crippen molar-refractivity contribution in [1.82, 2.24) is 15.5 Å². The first-order valence-electron chi connectivity index (χ1n) is 14.1. The summed E-state index contributed by atoms with van der Waals surface area (Å²) >= 11 is 0. The van der Waals surface area contributed by atoms with Crippen molar-refractivity contribution in [3.05, 3.63) is 107 Å². The number of halogens is 2. The number of alkyl carbamates (subject to hydrolysis) is 1. The Morgan fingerprint density at radius 3 is 2.27 bits per heavy atom. The minimum Gasteiger partial charge on any atom is -0.478 e. The van der Waals surface area contributed by atoms with Crippen LogP contribution in [0.25, 0.3) is 0 Å². The molecule has 0 spiro atoms. The van der Waals surface area contributed by atoms with Gasteiger partial charge in [0.15, 0.2) is 12.4 Å². The maximum atomic E-state index is 13.2. The van der Waals surface area contributed by atoms with E-state index in [1.165, 1.54) is 24.3 Å². The third-order valence-electron chi connectivity index (χ3n) is 6.56. The van der Waals surface area contributed by atoms with Crippen LogP contribution in [0.4, 0.5) is 13.6 Å². The van der Waals surface area contributed by atoms with Crippen molar-refractivity contribution in [3.8, 4) is 11.5 Å². The number of hydrogen-bond acceptors (Lipinski definition) is 10. The lowest BCUT2D eigenvalue weighted by atomic mass is 10.0. The van der Waals surface area contributed by atoms with Crippen LogP contribution in [0, 0.1) is 0 Å². The fourth-order valence-electron chi connectivity index (χ4n) is 4.27. The second-order valence-corrected chi connectivity index (χ2v) is 9.86. The molecule has 0 aliphatic carbocycles. The largest absolute Gasteiger partial charge is 0.478 e. The van der Waals surface area contributed by atoms with Crippen LogP contribution in [0.5, 0.6) is 11.5 Å². The summed E-state index contributed by atoms with van der Waals surface area (Å²) in [5.74, 6) is -0.165. The number of nitrogens with two attached hydrogens (primary N) is 1. The van der Waals surface area contributed by atoms with Crippen molar-refractivity contribution >= 4 is 18.2 Å². The van der Waals surface area contributed by atoms with Gasteiger partial charge in [-0.1, -0.05) is 59.8 Å². The molecular weight excluding hydrogens is 590 g/mol. The number of ether oxygens (including phenoxy) is 3. The second kappa shape index (κ2) is 16.6. The molecule has 11 nitrogen and oxygen atoms in total. The van der Waals surface area contributed by atoms with Gasteiger partial charge in [0, 0.05) is 0 Å². The number of Topliss-reactive ketones (excluding diaryl/α,β-unsaturated/α-hetero) is 1. The Labute approximate surface area is 257 Å². The molecule has 0 bridgehead atoms. The zero-order valence-corrected chi connectivity index (χ0v) is 24.1. The lowest BCUT2D eigenvalue weighted by Gasteiger charge is -2.16. The van der Waals surface area contributed by atoms with Crippen LogP contribution in [-0.4, -0.2) is 47.5 Å². The van der Waals surface area contributed by atoms with Crippen molar-refractivity contribution in [2.75, 3.05) is 6.54 Å². The van der Waals surface area contributed by atoms with Gasteiger partial charge in [-0.05, 0) is 66.8 Å². The van der Waals surface area contributed by atoms with Crippen LogP contribution < -0.4 is 20.5 Å². The molecule has 0 fully saturated rings. The molecule has 3 N–H and O–H groups in total. The number of carbonyl (C=O) groups is 3. The molecule has 0 aliphatic heterocycles. The highest BCUT2D eigenvalue weighted by atomic mass is 19.3. The molecular formula is C32H32F2N4O7. The molecule has 0 saturated carbocycles. The summed E-state index contributed by atoms with van der Waals surface area (Å²) in [5.41, 5.74) is 7.61. The number of ketones is 1. The van der Waals surface area contributed by atoms with E-state index in [0.29, 0.717) is 43.4 Å². The average molecular weight is 623 g/mol. The van der Waals surface area contributed by atoms with Gasteiger partial charge in [-0.15, -0.1) is 0 Å². The van der Waals surface area contributed by atoms with Crippen LogP contribution in [-0.2, 0) is 22.6 Å². The van der Waals surface area contributed by atoms with E-state index in [1.807, 2.05) is 30.3 Å². The molecule has 236 valence electrons. The quantitative estimate of drug-likeness (QED) is 0.0913. The Kier molecular flexibility index (Phi) is 12.1. The van der Waals surface area contributed by atoms with Crippen LogP contribution >= 0.6 is 0 Å². The van der Waals surface area contributed by atoms with Crippen molar-refractivity contribution in [2.45, 2.75) is 51.0 Å². The van der Waals surface area contributed by atoms with E-state index >= 15 is 0 Å². The van der Waals surface area contributed by atoms with Crippen molar-refractivity contribution in [1.29, 1.82) is 0 Å². The Hall–Kier alpha value is -5.17. The van der Waals surface area contributed by atoms with Crippen molar-refractivity contribution < 1.29 is 41.9 Å². The number of unbranched alkanes of at least 4 members (excludes halogenated alkanes) is 1. The van der Waals surface area contributed by atoms with Gasteiger partial charge in [0.05, 0.1) is 12.5 Å². The third kappa shape index (κ3) is 10.2. The van der Waals surface area contributed by atoms with Crippen LogP contribution in [0.3, 0.4) is 0 Å². The molecule has 1 heterocycles. The molecule has 1 amide bonds. The van der Waals surface area contributed by atoms with Gasteiger partial charge < -0.3 is 29.8 Å². The van der Waals surface area contributed by atoms with E-state index in [2.05, 4.69) is 20.2 Å². The highest BCUT2D eigenvalue weighted by Crippen LogP contribution is 2.24. The molecule has 4 aromatic rings. The summed E-state index contributed by atoms with van der Waals surface area (Å²) < 4.78 is 45.4. The number of amides is 1. The molecule has 13 heteroatoms. The number of aromatic nitrogens is 2. The monoisotopic (exact) mass is 622 g/mol. The molecule has 0 saturated heterocycles. The SMILES string of the molecule is NCCCCC(NC(=O)OCc1ccccc1)C(=O)c1noc(Cc2ccc(OC(C=O)c3ccc(OC(F)F)cc3)cc2)n1. The minimum absolute atomic E-state index is 0.0339. The predicted molar refractivity (Wildman–Crippen MR) is 157 cm³/mol. The maximum absolute atomic E-state index is 13.2. The fourth-order valence-corrected chi connectivity index (χ4v) is 4.27. The summed E-state index contributed by atoms with van der Waals surface area (Å²) in [6.07, 6.45) is 0.653. The van der Waals surface area contributed by atoms with Crippen molar-refractivity contribution in [2.24, 2.45) is 5.73 Å². The molecule has 4 rings (SSSR count). The van der Waals surface area contributed by atoms with Gasteiger partial charge in [0.1, 0.15) is 18.1 Å². The molecule has 0 radical (unpaired) electrons. The highest BCUT2D eigenvalue weighted by Gasteiger charge is 2.27. The summed E-state index contributed by atoms with van der Waals surface area (Å²) in [6, 6.07) is 20.5. The number of aldehydes is 1. The summed E-state index contributed by atoms with van der Waals surface area (Å²) in [5, 5.41) is 6.42. The number of carbonyl (C=O) groups excluding carboxylic acids is 3. The number of benzene rings is 3. The first-order valence-corrected chi connectivity index (χ1v) is 14.1. The van der Waals surface area contributed by atoms with Crippen LogP contribution in [0.15, 0.2) is 83.4 Å². The van der Waals surface area contributed by atoms with Crippen LogP contribution in [0.2, 0.25) is 0 Å². The number of hydrogen-bond donors (Lipinski definition) is 2. The third-order valence-corrected chi connectivity index (χ3v) is 6.56. The molecule has 2 atom stereocenters. The number of nitrogens with one attached hydrogen (secondary N) is 1. The predicted octanol–water partition coefficient (Wildman–Crippen LogP) is 5.19. The molecule has 2 unspecified atom stereocenters. The maximum Gasteiger partial charge on any atom is 0.408 e. The minimum atomic E-state index is -2.95. The van der Waals surface area contributed by atoms with E-state index in [1.54, 1.807) is 24.3 Å². The van der Waals surface area contributed by atoms with Gasteiger partial charge in [-0.2, -0.15) is 13.8 Å². The van der Waals surface area contributed by atoms with E-state index in [9.17, 15) is 23.2 Å². The fraction of sp³-hybridized carbons (Fsp3) is 0.281. The van der Waals surface area contributed by atoms with Gasteiger partial charge in [0.2, 0.25) is 17.5 Å². The van der Waals surface area contributed by atoms with Gasteiger partial charge in [-0.25, -0.2) is 4.79 Å². The van der Waals surface area contributed by atoms with E-state index in [0.717, 1.165) is 11.1 Å². The Morgan fingerprint density at radius 1 is 0.911 bits per heavy atom. The first-order chi connectivity index (χ1) is 21.8. The van der Waals surface area contributed by atoms with Gasteiger partial charge >= 0.3 is 12.7 Å². The number of nitrogens with zero attached hydrogens (tertiary/aromatic N) is 2. The Morgan fingerprint density at radius 2 is 1.60 bits per heavy atom. The normalized spacial score (nSPS) is 12.3. The van der Waals surface area contributed by atoms with E-state index in [-0.39, 0.29) is 30.5 Å². The number of rotatable bonds is 17. The first kappa shape index (κ1) is 32.7. The van der Waals surface area contributed by atoms with Crippen LogP contribution in [0.1, 0.15) is 58.6 Å². The molecule has 3 aromatic carbocycles. The lowest BCUT2D eigenvalue weighted by Crippen LogP contribution is -2.41. The molecule has 1 aromatic heterocycles. The van der Waals surface area contributed by atoms with E-state index < -0.39 is 30.6 Å². The van der Waals surface area contributed by atoms with E-state index in [4.69, 9.17) is 19.7 Å². The van der Waals surface area contributed by atoms with Crippen molar-refractivity contribution in [3.63, 3.8) is 0 Å². The highest BCUT2D eigenvalue weighted by molar-refractivity contribution is 5.98. The van der Waals surface area contributed by atoms with Gasteiger partial charge in [-0.3, -0.25) is 9.59 Å². The summed E-state index contributed by atoms with van der Waals surface area (Å²) in [6.45, 7) is -2.46. The molecule has 45 heavy (non-hydrogen) atoms. The topological polar surface area (TPSA) is 156 Å². The standard InChI is InChI=1S/C32H32F2N4O7/c33-31(34)44-25-15-11-23(12-16-25)27(19-39)43-24-13-9-21(10-14-24)18-28-37-30(38-45-28)29(40)26(8-4-5-17-35)36-32(41)42-20-22-6-2-1-3-7-22/h1-3,6-7,9-16,19,26-27,31H,4-5,8,17-18,20,35H2,(H,36,41). The smallest absolute Gasteiger partial charge is 0.408 e. The van der Waals surface area contributed by atoms with Gasteiger partial charge in [0.25, 0.3) is 0 Å². The average Bonchev–Trinajstić information content (AvgIpc) is 3.52. The summed E-state index contributed by atoms with van der Waals surface area (Å²) in [4.78, 5) is 41.5. The lowest BCUT2D eigenvalue weighted by molar-refractivity contribution is -0.113. The summed E-state index contributed by atoms with van der Waals surface area (Å²) in [7, 11) is 0. The number of alkyl halides is 2. The Balaban J connectivity index is 1.34. The zero-order valence-electron chi connectivity index (χ0n) is 24.1. The Bertz CT molecular complexity index is 1520. The zero-order chi connectivity index (χ0) is 32.0. The second-order valence-electron chi connectivity index (χ2n) is 9.86.